The van der Waals surface area contributed by atoms with E-state index in [4.69, 9.17) is 4.74 Å². The van der Waals surface area contributed by atoms with Gasteiger partial charge in [0.25, 0.3) is 11.6 Å². The average Bonchev–Trinajstić information content (AvgIpc) is 2.73. The van der Waals surface area contributed by atoms with Gasteiger partial charge in [0.05, 0.1) is 10.5 Å². The zero-order valence-electron chi connectivity index (χ0n) is 14.7. The topological polar surface area (TPSA) is 98.5 Å². The van der Waals surface area contributed by atoms with Crippen molar-refractivity contribution in [3.63, 3.8) is 0 Å². The number of nitrogens with zero attached hydrogens (tertiary/aromatic N) is 1. The Labute approximate surface area is 160 Å². The lowest BCUT2D eigenvalue weighted by Gasteiger charge is -2.08. The van der Waals surface area contributed by atoms with Crippen LogP contribution in [-0.2, 0) is 11.3 Å². The fourth-order valence-corrected chi connectivity index (χ4v) is 2.51. The Morgan fingerprint density at radius 1 is 0.893 bits per heavy atom. The molecule has 0 aliphatic rings. The second-order valence-corrected chi connectivity index (χ2v) is 5.90. The lowest BCUT2D eigenvalue weighted by Crippen LogP contribution is -2.12. The Morgan fingerprint density at radius 3 is 2.36 bits per heavy atom. The van der Waals surface area contributed by atoms with Crippen LogP contribution < -0.4 is 5.32 Å². The largest absolute Gasteiger partial charge is 0.457 e. The number of amides is 1. The number of ether oxygens (including phenoxy) is 1. The average molecular weight is 376 g/mol. The number of benzene rings is 3. The summed E-state index contributed by atoms with van der Waals surface area (Å²) in [6.45, 7) is -0.0961. The van der Waals surface area contributed by atoms with Crippen molar-refractivity contribution < 1.29 is 19.2 Å². The molecule has 7 heteroatoms. The molecule has 1 amide bonds. The highest BCUT2D eigenvalue weighted by molar-refractivity contribution is 6.04. The normalized spacial score (nSPS) is 10.1. The van der Waals surface area contributed by atoms with Crippen LogP contribution in [0, 0.1) is 10.1 Å². The Hall–Kier alpha value is -4.00. The minimum absolute atomic E-state index is 0.0702. The number of anilines is 1. The molecule has 28 heavy (non-hydrogen) atoms. The zero-order valence-corrected chi connectivity index (χ0v) is 14.7. The number of carbonyl (C=O) groups excluding carboxylic acids is 2. The molecule has 0 unspecified atom stereocenters. The summed E-state index contributed by atoms with van der Waals surface area (Å²) in [5.74, 6) is -0.884. The molecular weight excluding hydrogens is 360 g/mol. The molecule has 0 radical (unpaired) electrons. The van der Waals surface area contributed by atoms with E-state index in [0.717, 1.165) is 0 Å². The molecule has 0 aliphatic heterocycles. The van der Waals surface area contributed by atoms with Gasteiger partial charge in [0, 0.05) is 23.4 Å². The van der Waals surface area contributed by atoms with E-state index in [2.05, 4.69) is 5.32 Å². The van der Waals surface area contributed by atoms with Crippen LogP contribution in [0.25, 0.3) is 0 Å². The van der Waals surface area contributed by atoms with E-state index in [1.54, 1.807) is 48.5 Å². The first kappa shape index (κ1) is 18.8. The number of esters is 1. The maximum atomic E-state index is 12.3. The van der Waals surface area contributed by atoms with E-state index >= 15 is 0 Å². The molecule has 0 bridgehead atoms. The smallest absolute Gasteiger partial charge is 0.338 e. The molecule has 0 saturated heterocycles. The monoisotopic (exact) mass is 376 g/mol. The fraction of sp³-hybridized carbons (Fsp3) is 0.0476. The van der Waals surface area contributed by atoms with Gasteiger partial charge in [-0.1, -0.05) is 36.4 Å². The third kappa shape index (κ3) is 4.79. The highest BCUT2D eigenvalue weighted by atomic mass is 16.6. The van der Waals surface area contributed by atoms with Crippen LogP contribution in [0.15, 0.2) is 78.9 Å². The molecule has 3 rings (SSSR count). The van der Waals surface area contributed by atoms with E-state index in [9.17, 15) is 19.7 Å². The molecular formula is C21H16N2O5. The van der Waals surface area contributed by atoms with E-state index in [-0.39, 0.29) is 23.8 Å². The van der Waals surface area contributed by atoms with Gasteiger partial charge < -0.3 is 10.1 Å². The van der Waals surface area contributed by atoms with Crippen molar-refractivity contribution in [2.75, 3.05) is 5.32 Å². The Balaban J connectivity index is 1.64. The predicted molar refractivity (Wildman–Crippen MR) is 103 cm³/mol. The predicted octanol–water partition coefficient (Wildman–Crippen LogP) is 4.20. The summed E-state index contributed by atoms with van der Waals surface area (Å²) in [5.41, 5.74) is 1.66. The summed E-state index contributed by atoms with van der Waals surface area (Å²) < 4.78 is 5.22. The number of rotatable bonds is 6. The zero-order chi connectivity index (χ0) is 19.9. The first-order valence-corrected chi connectivity index (χ1v) is 8.40. The summed E-state index contributed by atoms with van der Waals surface area (Å²) in [5, 5.41) is 13.5. The van der Waals surface area contributed by atoms with E-state index in [1.165, 1.54) is 24.3 Å². The number of non-ortho nitro benzene ring substituents is 1. The second-order valence-electron chi connectivity index (χ2n) is 5.90. The molecule has 140 valence electrons. The maximum Gasteiger partial charge on any atom is 0.338 e. The number of carbonyl (C=O) groups is 2. The molecule has 0 saturated carbocycles. The fourth-order valence-electron chi connectivity index (χ4n) is 2.51. The maximum absolute atomic E-state index is 12.3. The standard InChI is InChI=1S/C21H16N2O5/c24-20(16-7-2-1-3-8-16)22-18-10-5-9-17(13-18)21(25)28-14-15-6-4-11-19(12-15)23(26)27/h1-13H,14H2,(H,22,24). The highest BCUT2D eigenvalue weighted by Crippen LogP contribution is 2.16. The summed E-state index contributed by atoms with van der Waals surface area (Å²) >= 11 is 0. The van der Waals surface area contributed by atoms with Gasteiger partial charge in [0.2, 0.25) is 0 Å². The van der Waals surface area contributed by atoms with Crippen LogP contribution in [0.4, 0.5) is 11.4 Å². The van der Waals surface area contributed by atoms with Crippen molar-refractivity contribution in [3.05, 3.63) is 106 Å². The van der Waals surface area contributed by atoms with Gasteiger partial charge in [-0.05, 0) is 35.9 Å². The lowest BCUT2D eigenvalue weighted by molar-refractivity contribution is -0.384. The van der Waals surface area contributed by atoms with Crippen LogP contribution in [0.2, 0.25) is 0 Å². The van der Waals surface area contributed by atoms with Crippen molar-refractivity contribution >= 4 is 23.3 Å². The number of nitrogens with one attached hydrogen (secondary N) is 1. The number of nitro groups is 1. The molecule has 7 nitrogen and oxygen atoms in total. The molecule has 3 aromatic carbocycles. The third-order valence-electron chi connectivity index (χ3n) is 3.88. The van der Waals surface area contributed by atoms with Gasteiger partial charge in [-0.3, -0.25) is 14.9 Å². The Morgan fingerprint density at radius 2 is 1.61 bits per heavy atom. The third-order valence-corrected chi connectivity index (χ3v) is 3.88. The van der Waals surface area contributed by atoms with Crippen molar-refractivity contribution in [1.82, 2.24) is 0 Å². The lowest BCUT2D eigenvalue weighted by atomic mass is 10.1. The van der Waals surface area contributed by atoms with E-state index in [0.29, 0.717) is 16.8 Å². The Bertz CT molecular complexity index is 1020. The Kier molecular flexibility index (Phi) is 5.76. The van der Waals surface area contributed by atoms with Gasteiger partial charge in [0.15, 0.2) is 0 Å². The molecule has 0 spiro atoms. The van der Waals surface area contributed by atoms with Gasteiger partial charge in [-0.25, -0.2) is 4.79 Å². The van der Waals surface area contributed by atoms with Crippen molar-refractivity contribution in [2.45, 2.75) is 6.61 Å². The minimum atomic E-state index is -0.595. The molecule has 1 N–H and O–H groups in total. The van der Waals surface area contributed by atoms with Crippen LogP contribution >= 0.6 is 0 Å². The first-order valence-electron chi connectivity index (χ1n) is 8.40. The van der Waals surface area contributed by atoms with Crippen molar-refractivity contribution in [3.8, 4) is 0 Å². The number of nitro benzene ring substituents is 1. The molecule has 0 fully saturated rings. The van der Waals surface area contributed by atoms with Crippen molar-refractivity contribution in [2.24, 2.45) is 0 Å². The van der Waals surface area contributed by atoms with E-state index < -0.39 is 10.9 Å². The van der Waals surface area contributed by atoms with Crippen LogP contribution in [0.1, 0.15) is 26.3 Å². The molecule has 0 aromatic heterocycles. The summed E-state index contributed by atoms with van der Waals surface area (Å²) in [7, 11) is 0. The molecule has 0 atom stereocenters. The van der Waals surface area contributed by atoms with E-state index in [1.807, 2.05) is 6.07 Å². The minimum Gasteiger partial charge on any atom is -0.457 e. The molecule has 0 heterocycles. The molecule has 0 aliphatic carbocycles. The van der Waals surface area contributed by atoms with Gasteiger partial charge in [-0.2, -0.15) is 0 Å². The summed E-state index contributed by atoms with van der Waals surface area (Å²) in [6, 6.07) is 21.0. The first-order chi connectivity index (χ1) is 13.5. The summed E-state index contributed by atoms with van der Waals surface area (Å²) in [6.07, 6.45) is 0. The van der Waals surface area contributed by atoms with Gasteiger partial charge in [-0.15, -0.1) is 0 Å². The van der Waals surface area contributed by atoms with Crippen LogP contribution in [0.3, 0.4) is 0 Å². The summed E-state index contributed by atoms with van der Waals surface area (Å²) in [4.78, 5) is 34.8. The quantitative estimate of drug-likeness (QED) is 0.395. The van der Waals surface area contributed by atoms with Gasteiger partial charge in [0.1, 0.15) is 6.61 Å². The van der Waals surface area contributed by atoms with Crippen LogP contribution in [0.5, 0.6) is 0 Å². The number of hydrogen-bond acceptors (Lipinski definition) is 5. The second kappa shape index (κ2) is 8.59. The highest BCUT2D eigenvalue weighted by Gasteiger charge is 2.12. The van der Waals surface area contributed by atoms with Gasteiger partial charge >= 0.3 is 5.97 Å². The molecule has 3 aromatic rings. The van der Waals surface area contributed by atoms with Crippen molar-refractivity contribution in [1.29, 1.82) is 0 Å². The number of hydrogen-bond donors (Lipinski definition) is 1. The van der Waals surface area contributed by atoms with Crippen LogP contribution in [-0.4, -0.2) is 16.8 Å². The SMILES string of the molecule is O=C(Nc1cccc(C(=O)OCc2cccc([N+](=O)[O-])c2)c1)c1ccccc1.